The summed E-state index contributed by atoms with van der Waals surface area (Å²) in [5, 5.41) is 8.56. The van der Waals surface area contributed by atoms with Crippen molar-refractivity contribution in [1.82, 2.24) is 0 Å². The second kappa shape index (κ2) is 13.5. The monoisotopic (exact) mass is 442 g/mol. The predicted octanol–water partition coefficient (Wildman–Crippen LogP) is 4.08. The number of hydrogen-bond acceptors (Lipinski definition) is 4. The van der Waals surface area contributed by atoms with Crippen LogP contribution < -0.4 is 16.8 Å². The summed E-state index contributed by atoms with van der Waals surface area (Å²) >= 11 is 0. The summed E-state index contributed by atoms with van der Waals surface area (Å²) in [5.41, 5.74) is 13.6. The Hall–Kier alpha value is -2.76. The number of carbonyl (C=O) groups is 1. The molecule has 0 spiro atoms. The van der Waals surface area contributed by atoms with E-state index in [2.05, 4.69) is 0 Å². The molecule has 6 nitrogen and oxygen atoms in total. The molecule has 31 heavy (non-hydrogen) atoms. The van der Waals surface area contributed by atoms with Gasteiger partial charge < -0.3 is 21.5 Å². The molecule has 0 fully saturated rings. The SMILES string of the molecule is CC(N)c1ccccc1.CC(N)c1ccccc1.O=C(O)CP(=O)(O)c1ccccc1. The van der Waals surface area contributed by atoms with Gasteiger partial charge in [0.25, 0.3) is 0 Å². The highest BCUT2D eigenvalue weighted by molar-refractivity contribution is 7.66. The standard InChI is InChI=1S/2C8H11N.C8H9O4P/c2*1-7(9)8-5-3-2-4-6-8;9-8(10)6-13(11,12)7-4-2-1-3-5-7/h2*2-7H,9H2,1H3;1-5H,6H2,(H,9,10)(H,11,12). The van der Waals surface area contributed by atoms with Gasteiger partial charge in [0.1, 0.15) is 6.16 Å². The molecule has 0 bridgehead atoms. The van der Waals surface area contributed by atoms with E-state index in [1.807, 2.05) is 74.5 Å². The Morgan fingerprint density at radius 2 is 1.10 bits per heavy atom. The van der Waals surface area contributed by atoms with E-state index in [0.29, 0.717) is 0 Å². The summed E-state index contributed by atoms with van der Waals surface area (Å²) in [6.45, 7) is 3.96. The molecule has 0 radical (unpaired) electrons. The van der Waals surface area contributed by atoms with Crippen molar-refractivity contribution < 1.29 is 19.4 Å². The number of hydrogen-bond donors (Lipinski definition) is 4. The van der Waals surface area contributed by atoms with E-state index in [-0.39, 0.29) is 17.4 Å². The van der Waals surface area contributed by atoms with Gasteiger partial charge in [0, 0.05) is 17.4 Å². The minimum atomic E-state index is -3.70. The summed E-state index contributed by atoms with van der Waals surface area (Å²) in [6.07, 6.45) is -0.725. The first kappa shape index (κ1) is 26.3. The third-order valence-corrected chi connectivity index (χ3v) is 5.96. The van der Waals surface area contributed by atoms with Crippen LogP contribution >= 0.6 is 7.37 Å². The van der Waals surface area contributed by atoms with Gasteiger partial charge in [-0.1, -0.05) is 78.9 Å². The molecule has 0 saturated carbocycles. The Balaban J connectivity index is 0.000000239. The molecule has 0 aliphatic rings. The molecule has 0 saturated heterocycles. The summed E-state index contributed by atoms with van der Waals surface area (Å²) in [5.74, 6) is -1.27. The first-order valence-corrected chi connectivity index (χ1v) is 11.7. The highest BCUT2D eigenvalue weighted by Gasteiger charge is 2.24. The molecule has 6 N–H and O–H groups in total. The van der Waals surface area contributed by atoms with Crippen molar-refractivity contribution in [2.24, 2.45) is 11.5 Å². The number of benzene rings is 3. The van der Waals surface area contributed by atoms with Gasteiger partial charge in [0.2, 0.25) is 7.37 Å². The van der Waals surface area contributed by atoms with E-state index in [1.54, 1.807) is 18.2 Å². The van der Waals surface area contributed by atoms with E-state index in [0.717, 1.165) is 0 Å². The van der Waals surface area contributed by atoms with E-state index < -0.39 is 19.5 Å². The minimum Gasteiger partial charge on any atom is -0.481 e. The largest absolute Gasteiger partial charge is 0.481 e. The first-order valence-electron chi connectivity index (χ1n) is 9.83. The quantitative estimate of drug-likeness (QED) is 0.441. The topological polar surface area (TPSA) is 127 Å². The number of carboxylic acid groups (broad SMARTS) is 1. The summed E-state index contributed by atoms with van der Waals surface area (Å²) in [4.78, 5) is 19.6. The van der Waals surface area contributed by atoms with Gasteiger partial charge in [0.15, 0.2) is 0 Å². The summed E-state index contributed by atoms with van der Waals surface area (Å²) < 4.78 is 11.4. The van der Waals surface area contributed by atoms with Gasteiger partial charge in [-0.2, -0.15) is 0 Å². The van der Waals surface area contributed by atoms with Gasteiger partial charge >= 0.3 is 5.97 Å². The third kappa shape index (κ3) is 10.7. The smallest absolute Gasteiger partial charge is 0.313 e. The molecule has 3 unspecified atom stereocenters. The molecule has 3 aromatic rings. The van der Waals surface area contributed by atoms with Crippen LogP contribution in [0.5, 0.6) is 0 Å². The maximum atomic E-state index is 11.4. The fourth-order valence-electron chi connectivity index (χ4n) is 2.45. The lowest BCUT2D eigenvalue weighted by Gasteiger charge is -2.07. The zero-order valence-corrected chi connectivity index (χ0v) is 18.7. The van der Waals surface area contributed by atoms with Gasteiger partial charge in [-0.15, -0.1) is 0 Å². The Morgan fingerprint density at radius 3 is 1.35 bits per heavy atom. The predicted molar refractivity (Wildman–Crippen MR) is 126 cm³/mol. The van der Waals surface area contributed by atoms with Crippen LogP contribution in [0.15, 0.2) is 91.0 Å². The van der Waals surface area contributed by atoms with Crippen molar-refractivity contribution >= 4 is 18.6 Å². The molecular formula is C24H31N2O4P. The molecule has 0 aromatic heterocycles. The van der Waals surface area contributed by atoms with E-state index in [4.69, 9.17) is 16.6 Å². The molecule has 3 rings (SSSR count). The van der Waals surface area contributed by atoms with Crippen LogP contribution in [0.1, 0.15) is 37.1 Å². The zero-order valence-electron chi connectivity index (χ0n) is 17.8. The average Bonchev–Trinajstić information content (AvgIpc) is 2.76. The maximum Gasteiger partial charge on any atom is 0.313 e. The van der Waals surface area contributed by atoms with Gasteiger partial charge in [0.05, 0.1) is 0 Å². The average molecular weight is 442 g/mol. The molecule has 0 amide bonds. The number of rotatable bonds is 5. The third-order valence-electron chi connectivity index (χ3n) is 4.16. The molecule has 0 aliphatic heterocycles. The van der Waals surface area contributed by atoms with Crippen molar-refractivity contribution in [3.05, 3.63) is 102 Å². The normalized spacial score (nSPS) is 13.8. The van der Waals surface area contributed by atoms with Crippen molar-refractivity contribution in [3.63, 3.8) is 0 Å². The molecule has 0 heterocycles. The number of aliphatic carboxylic acids is 1. The number of carboxylic acids is 1. The Kier molecular flexibility index (Phi) is 11.5. The highest BCUT2D eigenvalue weighted by Crippen LogP contribution is 2.38. The van der Waals surface area contributed by atoms with Gasteiger partial charge in [-0.05, 0) is 37.1 Å². The summed E-state index contributed by atoms with van der Waals surface area (Å²) in [6, 6.07) is 28.2. The van der Waals surface area contributed by atoms with Crippen LogP contribution in [0.4, 0.5) is 0 Å². The lowest BCUT2D eigenvalue weighted by atomic mass is 10.1. The molecule has 3 aromatic carbocycles. The van der Waals surface area contributed by atoms with Crippen LogP contribution in [0, 0.1) is 0 Å². The molecule has 3 atom stereocenters. The van der Waals surface area contributed by atoms with Crippen LogP contribution in [0.3, 0.4) is 0 Å². The molecular weight excluding hydrogens is 411 g/mol. The van der Waals surface area contributed by atoms with E-state index in [9.17, 15) is 14.3 Å². The van der Waals surface area contributed by atoms with Crippen LogP contribution in [0.2, 0.25) is 0 Å². The first-order chi connectivity index (χ1) is 14.6. The maximum absolute atomic E-state index is 11.4. The van der Waals surface area contributed by atoms with Crippen molar-refractivity contribution in [3.8, 4) is 0 Å². The lowest BCUT2D eigenvalue weighted by molar-refractivity contribution is -0.134. The second-order valence-electron chi connectivity index (χ2n) is 6.99. The Bertz CT molecular complexity index is 890. The van der Waals surface area contributed by atoms with E-state index in [1.165, 1.54) is 23.3 Å². The summed E-state index contributed by atoms with van der Waals surface area (Å²) in [7, 11) is -3.70. The molecule has 7 heteroatoms. The lowest BCUT2D eigenvalue weighted by Crippen LogP contribution is -2.12. The second-order valence-corrected chi connectivity index (χ2v) is 9.22. The Labute approximate surface area is 184 Å². The van der Waals surface area contributed by atoms with Crippen molar-refractivity contribution in [2.75, 3.05) is 6.16 Å². The van der Waals surface area contributed by atoms with Crippen LogP contribution in [-0.4, -0.2) is 22.1 Å². The molecule has 166 valence electrons. The molecule has 0 aliphatic carbocycles. The van der Waals surface area contributed by atoms with Crippen molar-refractivity contribution in [2.45, 2.75) is 25.9 Å². The number of nitrogens with two attached hydrogens (primary N) is 2. The van der Waals surface area contributed by atoms with Gasteiger partial charge in [-0.3, -0.25) is 9.36 Å². The van der Waals surface area contributed by atoms with E-state index >= 15 is 0 Å². The van der Waals surface area contributed by atoms with Crippen LogP contribution in [-0.2, 0) is 9.36 Å². The van der Waals surface area contributed by atoms with Gasteiger partial charge in [-0.25, -0.2) is 0 Å². The highest BCUT2D eigenvalue weighted by atomic mass is 31.2. The fourth-order valence-corrected chi connectivity index (χ4v) is 3.64. The minimum absolute atomic E-state index is 0.159. The van der Waals surface area contributed by atoms with Crippen LogP contribution in [0.25, 0.3) is 0 Å². The zero-order chi connectivity index (χ0) is 23.3. The Morgan fingerprint density at radius 1 is 0.774 bits per heavy atom. The van der Waals surface area contributed by atoms with Crippen molar-refractivity contribution in [1.29, 1.82) is 0 Å². The fraction of sp³-hybridized carbons (Fsp3) is 0.208.